The van der Waals surface area contributed by atoms with Crippen LogP contribution >= 0.6 is 0 Å². The number of amides is 2. The molecule has 2 atom stereocenters. The van der Waals surface area contributed by atoms with Crippen molar-refractivity contribution in [2.24, 2.45) is 5.92 Å². The van der Waals surface area contributed by atoms with Crippen molar-refractivity contribution in [2.45, 2.75) is 38.6 Å². The van der Waals surface area contributed by atoms with Crippen LogP contribution in [0.1, 0.15) is 32.6 Å². The number of likely N-dealkylation sites (tertiary alicyclic amines) is 2. The molecular formula is C19H31N3O3. The Labute approximate surface area is 150 Å². The van der Waals surface area contributed by atoms with Crippen molar-refractivity contribution < 1.29 is 14.3 Å². The van der Waals surface area contributed by atoms with E-state index in [0.29, 0.717) is 12.0 Å². The molecule has 6 nitrogen and oxygen atoms in total. The van der Waals surface area contributed by atoms with Crippen molar-refractivity contribution in [2.75, 3.05) is 52.5 Å². The number of morpholine rings is 1. The molecule has 0 aromatic rings. The van der Waals surface area contributed by atoms with Gasteiger partial charge >= 0.3 is 0 Å². The molecule has 3 aliphatic heterocycles. The van der Waals surface area contributed by atoms with Gasteiger partial charge in [0, 0.05) is 58.3 Å². The molecule has 140 valence electrons. The van der Waals surface area contributed by atoms with E-state index >= 15 is 0 Å². The van der Waals surface area contributed by atoms with E-state index in [4.69, 9.17) is 4.74 Å². The van der Waals surface area contributed by atoms with Crippen molar-refractivity contribution >= 4 is 11.8 Å². The van der Waals surface area contributed by atoms with Gasteiger partial charge in [-0.05, 0) is 25.2 Å². The third-order valence-electron chi connectivity index (χ3n) is 5.76. The van der Waals surface area contributed by atoms with Crippen LogP contribution in [0.3, 0.4) is 0 Å². The van der Waals surface area contributed by atoms with Crippen molar-refractivity contribution in [3.8, 4) is 0 Å². The molecule has 0 bridgehead atoms. The lowest BCUT2D eigenvalue weighted by atomic mass is 9.88. The molecule has 0 aliphatic carbocycles. The fourth-order valence-corrected chi connectivity index (χ4v) is 4.35. The summed E-state index contributed by atoms with van der Waals surface area (Å²) in [4.78, 5) is 30.8. The highest BCUT2D eigenvalue weighted by molar-refractivity contribution is 5.87. The van der Waals surface area contributed by atoms with Gasteiger partial charge in [0.2, 0.25) is 11.8 Å². The molecule has 25 heavy (non-hydrogen) atoms. The van der Waals surface area contributed by atoms with Gasteiger partial charge in [-0.1, -0.05) is 12.5 Å². The second kappa shape index (κ2) is 8.81. The van der Waals surface area contributed by atoms with Gasteiger partial charge in [-0.3, -0.25) is 14.5 Å². The van der Waals surface area contributed by atoms with Gasteiger partial charge in [-0.15, -0.1) is 0 Å². The van der Waals surface area contributed by atoms with Gasteiger partial charge in [0.25, 0.3) is 0 Å². The van der Waals surface area contributed by atoms with E-state index in [0.717, 1.165) is 78.2 Å². The average Bonchev–Trinajstić information content (AvgIpc) is 2.84. The Balaban J connectivity index is 1.52. The number of rotatable bonds is 3. The molecule has 0 radical (unpaired) electrons. The molecule has 3 aliphatic rings. The number of hydrogen-bond donors (Lipinski definition) is 0. The maximum atomic E-state index is 12.5. The van der Waals surface area contributed by atoms with Crippen LogP contribution in [0.15, 0.2) is 12.2 Å². The van der Waals surface area contributed by atoms with E-state index in [1.54, 1.807) is 13.0 Å². The second-order valence-electron chi connectivity index (χ2n) is 7.42. The number of hydrogen-bond acceptors (Lipinski definition) is 4. The summed E-state index contributed by atoms with van der Waals surface area (Å²) in [7, 11) is 0. The highest BCUT2D eigenvalue weighted by atomic mass is 16.5. The summed E-state index contributed by atoms with van der Waals surface area (Å²) in [5.74, 6) is 0.726. The van der Waals surface area contributed by atoms with E-state index in [1.165, 1.54) is 0 Å². The quantitative estimate of drug-likeness (QED) is 0.717. The van der Waals surface area contributed by atoms with Crippen molar-refractivity contribution in [3.63, 3.8) is 0 Å². The minimum absolute atomic E-state index is 0.116. The Morgan fingerprint density at radius 3 is 2.64 bits per heavy atom. The molecular weight excluding hydrogens is 318 g/mol. The van der Waals surface area contributed by atoms with E-state index < -0.39 is 0 Å². The summed E-state index contributed by atoms with van der Waals surface area (Å²) in [5, 5.41) is 0. The van der Waals surface area contributed by atoms with Gasteiger partial charge in [0.15, 0.2) is 0 Å². The molecule has 0 unspecified atom stereocenters. The number of nitrogens with zero attached hydrogens (tertiary/aromatic N) is 3. The number of piperidine rings is 1. The zero-order chi connectivity index (χ0) is 17.6. The summed E-state index contributed by atoms with van der Waals surface area (Å²) in [6.45, 7) is 8.35. The Morgan fingerprint density at radius 2 is 1.88 bits per heavy atom. The van der Waals surface area contributed by atoms with Gasteiger partial charge in [-0.25, -0.2) is 0 Å². The standard InChI is InChI=1S/C19H31N3O3/c1-16(23)22-9-3-2-5-17-15-21(10-7-18(17)22)19(24)6-4-8-20-11-13-25-14-12-20/h4,6,17-18H,2-3,5,7-15H2,1H3/b6-4+/t17-,18+/m0/s1. The molecule has 0 spiro atoms. The molecule has 0 saturated carbocycles. The number of fused-ring (bicyclic) bond motifs is 1. The molecule has 3 rings (SSSR count). The Morgan fingerprint density at radius 1 is 1.08 bits per heavy atom. The molecule has 3 fully saturated rings. The maximum Gasteiger partial charge on any atom is 0.246 e. The van der Waals surface area contributed by atoms with Crippen molar-refractivity contribution in [1.29, 1.82) is 0 Å². The second-order valence-corrected chi connectivity index (χ2v) is 7.42. The maximum absolute atomic E-state index is 12.5. The average molecular weight is 349 g/mol. The Bertz CT molecular complexity index is 502. The van der Waals surface area contributed by atoms with Crippen molar-refractivity contribution in [3.05, 3.63) is 12.2 Å². The summed E-state index contributed by atoms with van der Waals surface area (Å²) >= 11 is 0. The molecule has 0 aromatic heterocycles. The normalized spacial score (nSPS) is 28.7. The summed E-state index contributed by atoms with van der Waals surface area (Å²) in [6, 6.07) is 0.321. The minimum atomic E-state index is 0.116. The molecule has 0 aromatic carbocycles. The first-order chi connectivity index (χ1) is 12.1. The highest BCUT2D eigenvalue weighted by Crippen LogP contribution is 2.30. The van der Waals surface area contributed by atoms with Crippen LogP contribution in [-0.4, -0.2) is 85.0 Å². The van der Waals surface area contributed by atoms with Crippen LogP contribution in [0.2, 0.25) is 0 Å². The van der Waals surface area contributed by atoms with E-state index in [2.05, 4.69) is 4.90 Å². The minimum Gasteiger partial charge on any atom is -0.379 e. The SMILES string of the molecule is CC(=O)N1CCCC[C@H]2CN(C(=O)/C=C/CN3CCOCC3)CC[C@H]21. The first kappa shape index (κ1) is 18.4. The first-order valence-electron chi connectivity index (χ1n) is 9.68. The zero-order valence-electron chi connectivity index (χ0n) is 15.4. The number of ether oxygens (including phenoxy) is 1. The molecule has 3 saturated heterocycles. The third-order valence-corrected chi connectivity index (χ3v) is 5.76. The lowest BCUT2D eigenvalue weighted by molar-refractivity contribution is -0.135. The van der Waals surface area contributed by atoms with Gasteiger partial charge in [0.1, 0.15) is 0 Å². The monoisotopic (exact) mass is 349 g/mol. The highest BCUT2D eigenvalue weighted by Gasteiger charge is 2.36. The molecule has 0 N–H and O–H groups in total. The van der Waals surface area contributed by atoms with Gasteiger partial charge in [0.05, 0.1) is 13.2 Å². The van der Waals surface area contributed by atoms with Crippen molar-refractivity contribution in [1.82, 2.24) is 14.7 Å². The van der Waals surface area contributed by atoms with Crippen LogP contribution in [0, 0.1) is 5.92 Å². The predicted octanol–water partition coefficient (Wildman–Crippen LogP) is 1.12. The topological polar surface area (TPSA) is 53.1 Å². The molecule has 3 heterocycles. The lowest BCUT2D eigenvalue weighted by Crippen LogP contribution is -2.52. The van der Waals surface area contributed by atoms with Gasteiger partial charge in [-0.2, -0.15) is 0 Å². The van der Waals surface area contributed by atoms with Gasteiger partial charge < -0.3 is 14.5 Å². The lowest BCUT2D eigenvalue weighted by Gasteiger charge is -2.42. The zero-order valence-corrected chi connectivity index (χ0v) is 15.4. The van der Waals surface area contributed by atoms with Crippen LogP contribution in [0.25, 0.3) is 0 Å². The predicted molar refractivity (Wildman–Crippen MR) is 96.1 cm³/mol. The van der Waals surface area contributed by atoms with E-state index in [9.17, 15) is 9.59 Å². The Kier molecular flexibility index (Phi) is 6.48. The Hall–Kier alpha value is -1.40. The largest absolute Gasteiger partial charge is 0.379 e. The van der Waals surface area contributed by atoms with E-state index in [-0.39, 0.29) is 11.8 Å². The summed E-state index contributed by atoms with van der Waals surface area (Å²) in [6.07, 6.45) is 7.98. The first-order valence-corrected chi connectivity index (χ1v) is 9.68. The fourth-order valence-electron chi connectivity index (χ4n) is 4.35. The van der Waals surface area contributed by atoms with Crippen LogP contribution in [0.5, 0.6) is 0 Å². The summed E-state index contributed by atoms with van der Waals surface area (Å²) < 4.78 is 5.34. The smallest absolute Gasteiger partial charge is 0.246 e. The van der Waals surface area contributed by atoms with Crippen LogP contribution in [-0.2, 0) is 14.3 Å². The molecule has 2 amide bonds. The number of carbonyl (C=O) groups is 2. The van der Waals surface area contributed by atoms with Crippen LogP contribution in [0.4, 0.5) is 0 Å². The molecule has 6 heteroatoms. The third kappa shape index (κ3) is 4.82. The number of carbonyl (C=O) groups excluding carboxylic acids is 2. The summed E-state index contributed by atoms with van der Waals surface area (Å²) in [5.41, 5.74) is 0. The fraction of sp³-hybridized carbons (Fsp3) is 0.789. The van der Waals surface area contributed by atoms with Crippen LogP contribution < -0.4 is 0 Å². The van der Waals surface area contributed by atoms with E-state index in [1.807, 2.05) is 15.9 Å².